The van der Waals surface area contributed by atoms with Crippen LogP contribution < -0.4 is 14.5 Å². The number of aromatic nitrogens is 2. The van der Waals surface area contributed by atoms with E-state index < -0.39 is 0 Å². The molecule has 0 spiro atoms. The third kappa shape index (κ3) is 5.11. The minimum atomic E-state index is -0.0631. The predicted molar refractivity (Wildman–Crippen MR) is 234 cm³/mol. The minimum Gasteiger partial charge on any atom is -0.457 e. The highest BCUT2D eigenvalue weighted by molar-refractivity contribution is 6.09. The van der Waals surface area contributed by atoms with Crippen LogP contribution in [0.4, 0.5) is 17.1 Å². The average molecular weight is 743 g/mol. The van der Waals surface area contributed by atoms with E-state index in [1.54, 1.807) is 0 Å². The van der Waals surface area contributed by atoms with Gasteiger partial charge in [-0.1, -0.05) is 99.6 Å². The van der Waals surface area contributed by atoms with Gasteiger partial charge in [0, 0.05) is 46.5 Å². The lowest BCUT2D eigenvalue weighted by molar-refractivity contribution is 0.481. The van der Waals surface area contributed by atoms with Gasteiger partial charge in [-0.2, -0.15) is 0 Å². The summed E-state index contributed by atoms with van der Waals surface area (Å²) in [6.45, 7) is 14.4. The molecule has 0 radical (unpaired) electrons. The van der Waals surface area contributed by atoms with Crippen LogP contribution in [0.1, 0.15) is 92.3 Å². The lowest BCUT2D eigenvalue weighted by atomic mass is 9.60. The summed E-state index contributed by atoms with van der Waals surface area (Å²) in [5.74, 6) is 2.78. The number of pyridine rings is 1. The second kappa shape index (κ2) is 12.1. The SMILES string of the molecule is CC(C)(C)c1ccnc(-n2c3ccccc3c3ccc(Oc4cc5c(c(N6CN(C(C)(C)C)c7ccccc76)c4)C4c6ccccc6C5c5ccccc54)cc32)c1. The van der Waals surface area contributed by atoms with Gasteiger partial charge in [0.2, 0.25) is 0 Å². The molecule has 5 nitrogen and oxygen atoms in total. The molecule has 57 heavy (non-hydrogen) atoms. The molecule has 0 saturated carbocycles. The van der Waals surface area contributed by atoms with E-state index in [9.17, 15) is 0 Å². The van der Waals surface area contributed by atoms with Crippen LogP contribution in [0.15, 0.2) is 146 Å². The van der Waals surface area contributed by atoms with E-state index >= 15 is 0 Å². The second-order valence-electron chi connectivity index (χ2n) is 18.0. The molecule has 0 saturated heterocycles. The van der Waals surface area contributed by atoms with Crippen LogP contribution >= 0.6 is 0 Å². The third-order valence-electron chi connectivity index (χ3n) is 12.6. The van der Waals surface area contributed by atoms with Crippen molar-refractivity contribution in [1.29, 1.82) is 0 Å². The van der Waals surface area contributed by atoms with E-state index in [4.69, 9.17) is 9.72 Å². The first-order chi connectivity index (χ1) is 27.5. The highest BCUT2D eigenvalue weighted by Crippen LogP contribution is 2.60. The molecular weight excluding hydrogens is 697 g/mol. The number of fused-ring (bicyclic) bond motifs is 4. The molecule has 3 heterocycles. The molecule has 2 aromatic heterocycles. The quantitative estimate of drug-likeness (QED) is 0.180. The van der Waals surface area contributed by atoms with Crippen molar-refractivity contribution in [3.05, 3.63) is 185 Å². The van der Waals surface area contributed by atoms with Crippen molar-refractivity contribution in [3.63, 3.8) is 0 Å². The Bertz CT molecular complexity index is 2880. The van der Waals surface area contributed by atoms with Gasteiger partial charge in [-0.25, -0.2) is 4.98 Å². The normalized spacial score (nSPS) is 16.8. The molecule has 8 aromatic rings. The Morgan fingerprint density at radius 3 is 1.88 bits per heavy atom. The van der Waals surface area contributed by atoms with E-state index in [0.29, 0.717) is 0 Å². The Hall–Kier alpha value is -6.33. The summed E-state index contributed by atoms with van der Waals surface area (Å²) >= 11 is 0. The van der Waals surface area contributed by atoms with E-state index in [1.807, 2.05) is 6.20 Å². The van der Waals surface area contributed by atoms with Crippen molar-refractivity contribution in [2.45, 2.75) is 64.3 Å². The lowest BCUT2D eigenvalue weighted by Gasteiger charge is -2.44. The smallest absolute Gasteiger partial charge is 0.137 e. The number of anilines is 3. The number of ether oxygens (including phenoxy) is 1. The maximum Gasteiger partial charge on any atom is 0.137 e. The second-order valence-corrected chi connectivity index (χ2v) is 18.0. The maximum atomic E-state index is 7.11. The summed E-state index contributed by atoms with van der Waals surface area (Å²) in [6, 6.07) is 51.2. The zero-order chi connectivity index (χ0) is 38.8. The zero-order valence-electron chi connectivity index (χ0n) is 33.4. The minimum absolute atomic E-state index is 0.00484. The van der Waals surface area contributed by atoms with Crippen molar-refractivity contribution in [2.24, 2.45) is 0 Å². The lowest BCUT2D eigenvalue weighted by Crippen LogP contribution is -2.43. The first-order valence-electron chi connectivity index (χ1n) is 20.2. The maximum absolute atomic E-state index is 7.11. The summed E-state index contributed by atoms with van der Waals surface area (Å²) in [4.78, 5) is 9.99. The highest BCUT2D eigenvalue weighted by Gasteiger charge is 2.45. The Kier molecular flexibility index (Phi) is 7.20. The molecule has 0 unspecified atom stereocenters. The highest BCUT2D eigenvalue weighted by atomic mass is 16.5. The Morgan fingerprint density at radius 2 is 1.18 bits per heavy atom. The van der Waals surface area contributed by atoms with Gasteiger partial charge >= 0.3 is 0 Å². The standard InChI is InChI=1S/C52H46N4O/c1-51(2,3)32-25-26-53-47(27-32)56-42-20-12-11-15-35(42)36-24-23-33(29-45(36)56)57-34-28-41-48-37-16-7-9-18-39(37)49(40-19-10-8-17-38(40)48)50(41)46(30-34)54-31-55(52(4,5)6)44-22-14-13-21-43(44)54/h7-30,48-49H,31H2,1-6H3. The summed E-state index contributed by atoms with van der Waals surface area (Å²) in [5.41, 5.74) is 15.4. The van der Waals surface area contributed by atoms with Crippen LogP contribution in [0, 0.1) is 0 Å². The topological polar surface area (TPSA) is 33.5 Å². The number of para-hydroxylation sites is 3. The van der Waals surface area contributed by atoms with Crippen molar-refractivity contribution in [3.8, 4) is 17.3 Å². The molecule has 280 valence electrons. The largest absolute Gasteiger partial charge is 0.457 e. The average Bonchev–Trinajstić information content (AvgIpc) is 3.77. The zero-order valence-corrected chi connectivity index (χ0v) is 33.4. The van der Waals surface area contributed by atoms with E-state index in [0.717, 1.165) is 35.0 Å². The molecule has 3 aliphatic carbocycles. The number of rotatable bonds is 4. The molecule has 0 atom stereocenters. The number of hydrogen-bond acceptors (Lipinski definition) is 4. The summed E-state index contributed by atoms with van der Waals surface area (Å²) in [5, 5.41) is 2.37. The fourth-order valence-corrected chi connectivity index (χ4v) is 9.92. The van der Waals surface area contributed by atoms with Crippen molar-refractivity contribution in [2.75, 3.05) is 16.5 Å². The monoisotopic (exact) mass is 742 g/mol. The van der Waals surface area contributed by atoms with E-state index in [1.165, 1.54) is 66.8 Å². The number of hydrogen-bond donors (Lipinski definition) is 0. The molecule has 1 aliphatic heterocycles. The van der Waals surface area contributed by atoms with Gasteiger partial charge in [0.25, 0.3) is 0 Å². The first-order valence-corrected chi connectivity index (χ1v) is 20.2. The van der Waals surface area contributed by atoms with Crippen molar-refractivity contribution in [1.82, 2.24) is 9.55 Å². The fraction of sp³-hybridized carbons (Fsp3) is 0.212. The van der Waals surface area contributed by atoms with Gasteiger partial charge in [0.1, 0.15) is 17.3 Å². The molecule has 6 aromatic carbocycles. The van der Waals surface area contributed by atoms with Crippen LogP contribution in [0.25, 0.3) is 27.6 Å². The van der Waals surface area contributed by atoms with Crippen molar-refractivity contribution >= 4 is 38.9 Å². The molecule has 2 bridgehead atoms. The van der Waals surface area contributed by atoms with Gasteiger partial charge in [-0.15, -0.1) is 0 Å². The molecular formula is C52H46N4O. The van der Waals surface area contributed by atoms with Gasteiger partial charge in [-0.3, -0.25) is 4.57 Å². The van der Waals surface area contributed by atoms with Crippen LogP contribution in [-0.2, 0) is 5.41 Å². The Balaban J connectivity index is 1.11. The third-order valence-corrected chi connectivity index (χ3v) is 12.6. The molecule has 0 fully saturated rings. The van der Waals surface area contributed by atoms with Gasteiger partial charge in [0.05, 0.1) is 34.8 Å². The summed E-state index contributed by atoms with van der Waals surface area (Å²) < 4.78 is 9.40. The van der Waals surface area contributed by atoms with E-state index in [2.05, 4.69) is 195 Å². The predicted octanol–water partition coefficient (Wildman–Crippen LogP) is 13.0. The Labute approximate surface area is 334 Å². The molecule has 0 amide bonds. The molecule has 5 heteroatoms. The summed E-state index contributed by atoms with van der Waals surface area (Å²) in [7, 11) is 0. The number of benzene rings is 6. The van der Waals surface area contributed by atoms with Crippen LogP contribution in [-0.4, -0.2) is 21.8 Å². The van der Waals surface area contributed by atoms with Gasteiger partial charge < -0.3 is 14.5 Å². The van der Waals surface area contributed by atoms with Crippen LogP contribution in [0.2, 0.25) is 0 Å². The van der Waals surface area contributed by atoms with Crippen LogP contribution in [0.3, 0.4) is 0 Å². The Morgan fingerprint density at radius 1 is 0.544 bits per heavy atom. The number of nitrogens with zero attached hydrogens (tertiary/aromatic N) is 4. The van der Waals surface area contributed by atoms with Gasteiger partial charge in [0.15, 0.2) is 0 Å². The van der Waals surface area contributed by atoms with Crippen molar-refractivity contribution < 1.29 is 4.74 Å². The molecule has 12 rings (SSSR count). The molecule has 0 N–H and O–H groups in total. The summed E-state index contributed by atoms with van der Waals surface area (Å²) in [6.07, 6.45) is 1.94. The first kappa shape index (κ1) is 34.0. The molecule has 4 aliphatic rings. The fourth-order valence-electron chi connectivity index (χ4n) is 9.92. The van der Waals surface area contributed by atoms with Crippen LogP contribution in [0.5, 0.6) is 11.5 Å². The van der Waals surface area contributed by atoms with E-state index in [-0.39, 0.29) is 22.8 Å². The van der Waals surface area contributed by atoms with Gasteiger partial charge in [-0.05, 0) is 114 Å².